The third-order valence-corrected chi connectivity index (χ3v) is 4.61. The Hall–Kier alpha value is -1.12. The Balaban J connectivity index is 1.93. The van der Waals surface area contributed by atoms with Crippen LogP contribution in [-0.2, 0) is 6.42 Å². The average molecular weight is 257 g/mol. The second-order valence-corrected chi connectivity index (χ2v) is 5.72. The minimum atomic E-state index is 0.477. The normalized spacial score (nSPS) is 19.7. The molecule has 94 valence electrons. The van der Waals surface area contributed by atoms with Crippen molar-refractivity contribution in [3.8, 4) is 0 Å². The maximum Gasteiger partial charge on any atom is 0.0397 e. The van der Waals surface area contributed by atoms with Crippen molar-refractivity contribution in [3.05, 3.63) is 57.8 Å². The van der Waals surface area contributed by atoms with Gasteiger partial charge in [-0.3, -0.25) is 0 Å². The van der Waals surface area contributed by atoms with E-state index in [-0.39, 0.29) is 0 Å². The van der Waals surface area contributed by atoms with E-state index in [1.54, 1.807) is 22.5 Å². The number of fused-ring (bicyclic) bond motifs is 1. The number of likely N-dealkylation sites (N-methyl/N-ethyl adjacent to an activating group) is 1. The molecule has 18 heavy (non-hydrogen) atoms. The topological polar surface area (TPSA) is 12.0 Å². The minimum Gasteiger partial charge on any atom is -0.310 e. The lowest BCUT2D eigenvalue weighted by Gasteiger charge is -2.24. The van der Waals surface area contributed by atoms with E-state index in [1.807, 2.05) is 0 Å². The number of hydrogen-bond acceptors (Lipinski definition) is 2. The summed E-state index contributed by atoms with van der Waals surface area (Å²) in [5.41, 5.74) is 4.54. The first kappa shape index (κ1) is 11.9. The van der Waals surface area contributed by atoms with Gasteiger partial charge in [0, 0.05) is 12.0 Å². The lowest BCUT2D eigenvalue weighted by Crippen LogP contribution is -2.25. The van der Waals surface area contributed by atoms with Crippen LogP contribution in [0, 0.1) is 0 Å². The van der Waals surface area contributed by atoms with Gasteiger partial charge in [0.2, 0.25) is 0 Å². The highest BCUT2D eigenvalue weighted by atomic mass is 32.1. The Kier molecular flexibility index (Phi) is 3.48. The molecule has 1 aromatic carbocycles. The van der Waals surface area contributed by atoms with Crippen LogP contribution in [0.15, 0.2) is 41.1 Å². The highest BCUT2D eigenvalue weighted by Crippen LogP contribution is 2.41. The summed E-state index contributed by atoms with van der Waals surface area (Å²) in [7, 11) is 0. The van der Waals surface area contributed by atoms with E-state index in [2.05, 4.69) is 53.3 Å². The molecular weight excluding hydrogens is 238 g/mol. The fourth-order valence-corrected chi connectivity index (χ4v) is 3.80. The van der Waals surface area contributed by atoms with Gasteiger partial charge in [-0.15, -0.1) is 0 Å². The first-order valence-electron chi connectivity index (χ1n) is 6.73. The van der Waals surface area contributed by atoms with Crippen LogP contribution in [0.1, 0.15) is 42.0 Å². The van der Waals surface area contributed by atoms with E-state index in [9.17, 15) is 0 Å². The van der Waals surface area contributed by atoms with Crippen molar-refractivity contribution in [2.24, 2.45) is 0 Å². The van der Waals surface area contributed by atoms with Crippen molar-refractivity contribution in [2.75, 3.05) is 6.54 Å². The number of thiophene rings is 1. The summed E-state index contributed by atoms with van der Waals surface area (Å²) in [4.78, 5) is 0. The van der Waals surface area contributed by atoms with Gasteiger partial charge in [0.05, 0.1) is 0 Å². The molecule has 0 saturated heterocycles. The van der Waals surface area contributed by atoms with Crippen LogP contribution >= 0.6 is 11.3 Å². The summed E-state index contributed by atoms with van der Waals surface area (Å²) >= 11 is 1.79. The average Bonchev–Trinajstić information content (AvgIpc) is 3.06. The van der Waals surface area contributed by atoms with Crippen molar-refractivity contribution in [1.29, 1.82) is 0 Å². The van der Waals surface area contributed by atoms with Gasteiger partial charge in [0.1, 0.15) is 0 Å². The lowest BCUT2D eigenvalue weighted by molar-refractivity contribution is 0.454. The fourth-order valence-electron chi connectivity index (χ4n) is 3.10. The van der Waals surface area contributed by atoms with Gasteiger partial charge < -0.3 is 5.32 Å². The van der Waals surface area contributed by atoms with Crippen LogP contribution in [0.5, 0.6) is 0 Å². The minimum absolute atomic E-state index is 0.477. The van der Waals surface area contributed by atoms with Gasteiger partial charge in [-0.2, -0.15) is 11.3 Å². The number of aryl methyl sites for hydroxylation is 1. The quantitative estimate of drug-likeness (QED) is 0.868. The second kappa shape index (κ2) is 5.25. The van der Waals surface area contributed by atoms with E-state index in [0.29, 0.717) is 12.0 Å². The van der Waals surface area contributed by atoms with Crippen LogP contribution in [-0.4, -0.2) is 6.54 Å². The molecule has 0 saturated carbocycles. The van der Waals surface area contributed by atoms with E-state index in [0.717, 1.165) is 6.54 Å². The van der Waals surface area contributed by atoms with Crippen LogP contribution in [0.4, 0.5) is 0 Å². The van der Waals surface area contributed by atoms with Gasteiger partial charge >= 0.3 is 0 Å². The zero-order valence-corrected chi connectivity index (χ0v) is 11.5. The number of rotatable bonds is 4. The highest BCUT2D eigenvalue weighted by molar-refractivity contribution is 7.07. The summed E-state index contributed by atoms with van der Waals surface area (Å²) < 4.78 is 0. The number of hydrogen-bond donors (Lipinski definition) is 1. The molecule has 0 radical (unpaired) electrons. The Morgan fingerprint density at radius 2 is 2.22 bits per heavy atom. The third kappa shape index (κ3) is 2.11. The van der Waals surface area contributed by atoms with Crippen molar-refractivity contribution < 1.29 is 0 Å². The van der Waals surface area contributed by atoms with Crippen LogP contribution < -0.4 is 5.32 Å². The molecule has 1 aliphatic rings. The lowest BCUT2D eigenvalue weighted by atomic mass is 9.89. The van der Waals surface area contributed by atoms with E-state index < -0.39 is 0 Å². The van der Waals surface area contributed by atoms with E-state index in [4.69, 9.17) is 0 Å². The van der Waals surface area contributed by atoms with Gasteiger partial charge in [0.25, 0.3) is 0 Å². The Morgan fingerprint density at radius 1 is 1.33 bits per heavy atom. The molecule has 2 aromatic rings. The molecule has 1 aliphatic carbocycles. The van der Waals surface area contributed by atoms with Crippen molar-refractivity contribution in [2.45, 2.75) is 31.7 Å². The standard InChI is InChI=1S/C16H19NS/c1-2-17-16(13-9-10-18-11-13)15-8-7-12-5-3-4-6-14(12)15/h3-6,9-11,15-17H,2,7-8H2,1H3. The molecule has 0 aliphatic heterocycles. The molecule has 1 N–H and O–H groups in total. The van der Waals surface area contributed by atoms with Gasteiger partial charge in [-0.25, -0.2) is 0 Å². The molecule has 0 fully saturated rings. The Bertz CT molecular complexity index is 502. The van der Waals surface area contributed by atoms with Crippen LogP contribution in [0.3, 0.4) is 0 Å². The first-order chi connectivity index (χ1) is 8.90. The molecule has 2 atom stereocenters. The smallest absolute Gasteiger partial charge is 0.0397 e. The monoisotopic (exact) mass is 257 g/mol. The molecule has 2 unspecified atom stereocenters. The third-order valence-electron chi connectivity index (χ3n) is 3.91. The molecule has 0 bridgehead atoms. The van der Waals surface area contributed by atoms with Crippen molar-refractivity contribution >= 4 is 11.3 Å². The molecule has 0 spiro atoms. The van der Waals surface area contributed by atoms with Gasteiger partial charge in [-0.05, 0) is 52.9 Å². The molecule has 1 aromatic heterocycles. The van der Waals surface area contributed by atoms with E-state index >= 15 is 0 Å². The molecule has 0 amide bonds. The highest BCUT2D eigenvalue weighted by Gasteiger charge is 2.30. The molecular formula is C16H19NS. The van der Waals surface area contributed by atoms with Crippen molar-refractivity contribution in [3.63, 3.8) is 0 Å². The first-order valence-corrected chi connectivity index (χ1v) is 7.67. The van der Waals surface area contributed by atoms with Crippen LogP contribution in [0.2, 0.25) is 0 Å². The fraction of sp³-hybridized carbons (Fsp3) is 0.375. The van der Waals surface area contributed by atoms with Gasteiger partial charge in [-0.1, -0.05) is 31.2 Å². The Morgan fingerprint density at radius 3 is 3.00 bits per heavy atom. The van der Waals surface area contributed by atoms with Crippen molar-refractivity contribution in [1.82, 2.24) is 5.32 Å². The summed E-state index contributed by atoms with van der Waals surface area (Å²) in [6.07, 6.45) is 2.50. The number of nitrogens with one attached hydrogen (secondary N) is 1. The van der Waals surface area contributed by atoms with E-state index in [1.165, 1.54) is 18.4 Å². The summed E-state index contributed by atoms with van der Waals surface area (Å²) in [5.74, 6) is 0.635. The second-order valence-electron chi connectivity index (χ2n) is 4.94. The zero-order valence-electron chi connectivity index (χ0n) is 10.7. The molecule has 3 rings (SSSR count). The maximum atomic E-state index is 3.67. The Labute approximate surface area is 113 Å². The largest absolute Gasteiger partial charge is 0.310 e. The zero-order chi connectivity index (χ0) is 12.4. The molecule has 1 nitrogen and oxygen atoms in total. The van der Waals surface area contributed by atoms with Gasteiger partial charge in [0.15, 0.2) is 0 Å². The summed E-state index contributed by atoms with van der Waals surface area (Å²) in [5, 5.41) is 8.14. The SMILES string of the molecule is CCNC(c1ccsc1)C1CCc2ccccc21. The predicted molar refractivity (Wildman–Crippen MR) is 78.2 cm³/mol. The maximum absolute atomic E-state index is 3.67. The number of benzene rings is 1. The summed E-state index contributed by atoms with van der Waals surface area (Å²) in [6.45, 7) is 3.22. The van der Waals surface area contributed by atoms with Crippen LogP contribution in [0.25, 0.3) is 0 Å². The predicted octanol–water partition coefficient (Wildman–Crippen LogP) is 4.13. The molecule has 2 heteroatoms. The molecule has 1 heterocycles. The summed E-state index contributed by atoms with van der Waals surface area (Å²) in [6, 6.07) is 11.7.